The zero-order chi connectivity index (χ0) is 19.8. The average Bonchev–Trinajstić information content (AvgIpc) is 3.50. The number of benzene rings is 2. The Kier molecular flexibility index (Phi) is 6.93. The summed E-state index contributed by atoms with van der Waals surface area (Å²) < 4.78 is 0. The molecule has 2 aromatic rings. The number of hydrogen-bond acceptors (Lipinski definition) is 2. The minimum Gasteiger partial charge on any atom is -0.356 e. The van der Waals surface area contributed by atoms with E-state index in [1.54, 1.807) is 7.05 Å². The van der Waals surface area contributed by atoms with Crippen LogP contribution >= 0.6 is 11.6 Å². The number of carbonyl (C=O) groups excluding carboxylic acids is 1. The minimum absolute atomic E-state index is 0.0464. The van der Waals surface area contributed by atoms with Gasteiger partial charge in [0.05, 0.1) is 6.54 Å². The monoisotopic (exact) mass is 398 g/mol. The van der Waals surface area contributed by atoms with Crippen molar-refractivity contribution in [2.45, 2.75) is 24.7 Å². The Labute approximate surface area is 171 Å². The molecule has 0 radical (unpaired) electrons. The molecule has 0 saturated heterocycles. The molecule has 2 aromatic carbocycles. The molecular weight excluding hydrogens is 372 g/mol. The molecule has 0 atom stereocenters. The van der Waals surface area contributed by atoms with E-state index in [0.717, 1.165) is 30.8 Å². The first kappa shape index (κ1) is 20.2. The number of amides is 1. The highest BCUT2D eigenvalue weighted by molar-refractivity contribution is 6.30. The van der Waals surface area contributed by atoms with Gasteiger partial charge in [0.25, 0.3) is 0 Å². The summed E-state index contributed by atoms with van der Waals surface area (Å²) >= 11 is 6.13. The highest BCUT2D eigenvalue weighted by Crippen LogP contribution is 2.48. The molecule has 148 valence electrons. The second-order valence-electron chi connectivity index (χ2n) is 7.16. The number of guanidine groups is 1. The van der Waals surface area contributed by atoms with Crippen LogP contribution in [0, 0.1) is 0 Å². The molecule has 1 aliphatic rings. The standard InChI is InChI=1S/C22H27ClN4O/c1-24-21(26-15-20(28)25-13-10-17-6-3-2-4-7-17)27-16-22(11-12-22)18-8-5-9-19(23)14-18/h2-9,14H,10-13,15-16H2,1H3,(H,25,28)(H2,24,26,27). The molecule has 1 fully saturated rings. The van der Waals surface area contributed by atoms with Crippen molar-refractivity contribution in [2.75, 3.05) is 26.7 Å². The zero-order valence-electron chi connectivity index (χ0n) is 16.2. The maximum atomic E-state index is 12.1. The third-order valence-electron chi connectivity index (χ3n) is 5.10. The zero-order valence-corrected chi connectivity index (χ0v) is 16.9. The molecule has 0 spiro atoms. The van der Waals surface area contributed by atoms with E-state index in [2.05, 4.69) is 39.1 Å². The van der Waals surface area contributed by atoms with Crippen molar-refractivity contribution in [2.24, 2.45) is 4.99 Å². The Hall–Kier alpha value is -2.53. The predicted molar refractivity (Wildman–Crippen MR) is 115 cm³/mol. The quantitative estimate of drug-likeness (QED) is 0.473. The van der Waals surface area contributed by atoms with Crippen LogP contribution in [-0.4, -0.2) is 38.5 Å². The highest BCUT2D eigenvalue weighted by Gasteiger charge is 2.44. The van der Waals surface area contributed by atoms with Crippen LogP contribution in [0.3, 0.4) is 0 Å². The second-order valence-corrected chi connectivity index (χ2v) is 7.59. The lowest BCUT2D eigenvalue weighted by molar-refractivity contribution is -0.119. The van der Waals surface area contributed by atoms with Gasteiger partial charge in [0.15, 0.2) is 5.96 Å². The van der Waals surface area contributed by atoms with Gasteiger partial charge in [0.2, 0.25) is 5.91 Å². The molecule has 0 bridgehead atoms. The normalized spacial score (nSPS) is 15.0. The van der Waals surface area contributed by atoms with Crippen LogP contribution in [0.15, 0.2) is 59.6 Å². The molecule has 1 amide bonds. The van der Waals surface area contributed by atoms with Crippen molar-refractivity contribution < 1.29 is 4.79 Å². The maximum absolute atomic E-state index is 12.1. The first-order valence-electron chi connectivity index (χ1n) is 9.62. The summed E-state index contributed by atoms with van der Waals surface area (Å²) in [6, 6.07) is 18.2. The van der Waals surface area contributed by atoms with Gasteiger partial charge in [-0.05, 0) is 42.5 Å². The van der Waals surface area contributed by atoms with Gasteiger partial charge < -0.3 is 16.0 Å². The first-order valence-corrected chi connectivity index (χ1v) is 10.0. The third-order valence-corrected chi connectivity index (χ3v) is 5.34. The third kappa shape index (κ3) is 5.73. The number of nitrogens with zero attached hydrogens (tertiary/aromatic N) is 1. The smallest absolute Gasteiger partial charge is 0.239 e. The fourth-order valence-electron chi connectivity index (χ4n) is 3.23. The summed E-state index contributed by atoms with van der Waals surface area (Å²) in [5, 5.41) is 10.1. The molecule has 0 unspecified atom stereocenters. The van der Waals surface area contributed by atoms with Gasteiger partial charge in [-0.25, -0.2) is 0 Å². The summed E-state index contributed by atoms with van der Waals surface area (Å²) in [6.07, 6.45) is 3.07. The van der Waals surface area contributed by atoms with Crippen LogP contribution in [0.4, 0.5) is 0 Å². The lowest BCUT2D eigenvalue weighted by atomic mass is 9.96. The van der Waals surface area contributed by atoms with E-state index in [-0.39, 0.29) is 17.9 Å². The Morgan fingerprint density at radius 3 is 2.54 bits per heavy atom. The summed E-state index contributed by atoms with van der Waals surface area (Å²) in [6.45, 7) is 1.58. The van der Waals surface area contributed by atoms with Crippen molar-refractivity contribution in [1.29, 1.82) is 0 Å². The number of hydrogen-bond donors (Lipinski definition) is 3. The molecule has 28 heavy (non-hydrogen) atoms. The first-order chi connectivity index (χ1) is 13.6. The van der Waals surface area contributed by atoms with E-state index < -0.39 is 0 Å². The van der Waals surface area contributed by atoms with Crippen molar-refractivity contribution in [1.82, 2.24) is 16.0 Å². The number of nitrogens with one attached hydrogen (secondary N) is 3. The van der Waals surface area contributed by atoms with Crippen LogP contribution in [0.1, 0.15) is 24.0 Å². The van der Waals surface area contributed by atoms with E-state index >= 15 is 0 Å². The maximum Gasteiger partial charge on any atom is 0.239 e. The Balaban J connectivity index is 1.39. The van der Waals surface area contributed by atoms with Gasteiger partial charge in [0, 0.05) is 30.6 Å². The lowest BCUT2D eigenvalue weighted by Gasteiger charge is -2.19. The Morgan fingerprint density at radius 1 is 1.07 bits per heavy atom. The van der Waals surface area contributed by atoms with Gasteiger partial charge in [-0.1, -0.05) is 54.1 Å². The summed E-state index contributed by atoms with van der Waals surface area (Å²) in [5.41, 5.74) is 2.58. The molecule has 0 aliphatic heterocycles. The molecule has 5 nitrogen and oxygen atoms in total. The van der Waals surface area contributed by atoms with Crippen LogP contribution in [0.25, 0.3) is 0 Å². The molecule has 3 N–H and O–H groups in total. The topological polar surface area (TPSA) is 65.5 Å². The Bertz CT molecular complexity index is 818. The molecule has 1 saturated carbocycles. The second kappa shape index (κ2) is 9.60. The SMILES string of the molecule is CN=C(NCC(=O)NCCc1ccccc1)NCC1(c2cccc(Cl)c2)CC1. The van der Waals surface area contributed by atoms with E-state index in [1.165, 1.54) is 11.1 Å². The minimum atomic E-state index is -0.0464. The van der Waals surface area contributed by atoms with Crippen LogP contribution < -0.4 is 16.0 Å². The lowest BCUT2D eigenvalue weighted by Crippen LogP contribution is -2.45. The summed E-state index contributed by atoms with van der Waals surface area (Å²) in [7, 11) is 1.71. The van der Waals surface area contributed by atoms with Crippen molar-refractivity contribution in [3.05, 3.63) is 70.7 Å². The number of aliphatic imine (C=N–C) groups is 1. The molecule has 0 aromatic heterocycles. The number of rotatable bonds is 8. The van der Waals surface area contributed by atoms with Crippen molar-refractivity contribution >= 4 is 23.5 Å². The van der Waals surface area contributed by atoms with Gasteiger partial charge in [-0.2, -0.15) is 0 Å². The fourth-order valence-corrected chi connectivity index (χ4v) is 3.42. The number of halogens is 1. The molecule has 6 heteroatoms. The molecular formula is C22H27ClN4O. The Morgan fingerprint density at radius 2 is 1.86 bits per heavy atom. The van der Waals surface area contributed by atoms with Crippen LogP contribution in [0.5, 0.6) is 0 Å². The van der Waals surface area contributed by atoms with Gasteiger partial charge in [-0.3, -0.25) is 9.79 Å². The fraction of sp³-hybridized carbons (Fsp3) is 0.364. The largest absolute Gasteiger partial charge is 0.356 e. The molecule has 0 heterocycles. The van der Waals surface area contributed by atoms with E-state index in [1.807, 2.05) is 36.4 Å². The van der Waals surface area contributed by atoms with Crippen LogP contribution in [-0.2, 0) is 16.6 Å². The van der Waals surface area contributed by atoms with E-state index in [4.69, 9.17) is 11.6 Å². The molecule has 1 aliphatic carbocycles. The summed E-state index contributed by atoms with van der Waals surface area (Å²) in [4.78, 5) is 16.3. The van der Waals surface area contributed by atoms with E-state index in [0.29, 0.717) is 12.5 Å². The number of carbonyl (C=O) groups is 1. The molecule has 3 rings (SSSR count). The van der Waals surface area contributed by atoms with Gasteiger partial charge in [0.1, 0.15) is 0 Å². The summed E-state index contributed by atoms with van der Waals surface area (Å²) in [5.74, 6) is 0.585. The predicted octanol–water partition coefficient (Wildman–Crippen LogP) is 2.90. The van der Waals surface area contributed by atoms with E-state index in [9.17, 15) is 4.79 Å². The van der Waals surface area contributed by atoms with Crippen molar-refractivity contribution in [3.63, 3.8) is 0 Å². The van der Waals surface area contributed by atoms with Gasteiger partial charge in [-0.15, -0.1) is 0 Å². The van der Waals surface area contributed by atoms with Crippen LogP contribution in [0.2, 0.25) is 5.02 Å². The van der Waals surface area contributed by atoms with Crippen molar-refractivity contribution in [3.8, 4) is 0 Å². The average molecular weight is 399 g/mol. The highest BCUT2D eigenvalue weighted by atomic mass is 35.5. The van der Waals surface area contributed by atoms with Gasteiger partial charge >= 0.3 is 0 Å².